The Bertz CT molecular complexity index is 1600. The number of H-pyrrole nitrogens is 1. The molecule has 3 heterocycles. The first-order chi connectivity index (χ1) is 18.9. The van der Waals surface area contributed by atoms with E-state index < -0.39 is 0 Å². The van der Waals surface area contributed by atoms with E-state index in [0.29, 0.717) is 52.7 Å². The maximum atomic E-state index is 14.0. The van der Waals surface area contributed by atoms with Crippen LogP contribution in [-0.2, 0) is 24.1 Å². The Morgan fingerprint density at radius 2 is 1.92 bits per heavy atom. The number of ketones is 1. The van der Waals surface area contributed by atoms with Gasteiger partial charge in [-0.1, -0.05) is 35.0 Å². The summed E-state index contributed by atoms with van der Waals surface area (Å²) in [5.41, 5.74) is 2.81. The van der Waals surface area contributed by atoms with Gasteiger partial charge in [0, 0.05) is 38.1 Å². The highest BCUT2D eigenvalue weighted by Crippen LogP contribution is 2.35. The van der Waals surface area contributed by atoms with Crippen LogP contribution in [0.15, 0.2) is 60.8 Å². The number of rotatable bonds is 11. The molecule has 0 fully saturated rings. The van der Waals surface area contributed by atoms with Gasteiger partial charge in [0.15, 0.2) is 5.82 Å². The zero-order valence-electron chi connectivity index (χ0n) is 21.1. The number of benzene rings is 2. The number of carbonyl (C=O) groups excluding carboxylic acids is 2. The molecule has 5 aromatic rings. The summed E-state index contributed by atoms with van der Waals surface area (Å²) in [7, 11) is 0. The second kappa shape index (κ2) is 11.9. The lowest BCUT2D eigenvalue weighted by molar-refractivity contribution is -0.117. The number of hydrogen-bond donors (Lipinski definition) is 2. The Labute approximate surface area is 227 Å². The van der Waals surface area contributed by atoms with Gasteiger partial charge in [0.1, 0.15) is 23.1 Å². The van der Waals surface area contributed by atoms with Crippen LogP contribution in [0, 0.1) is 12.7 Å². The Kier molecular flexibility index (Phi) is 7.97. The molecule has 198 valence electrons. The zero-order valence-corrected chi connectivity index (χ0v) is 21.9. The molecule has 0 bridgehead atoms. The highest BCUT2D eigenvalue weighted by atomic mass is 32.1. The van der Waals surface area contributed by atoms with E-state index in [4.69, 9.17) is 4.74 Å². The molecule has 0 unspecified atom stereocenters. The normalized spacial score (nSPS) is 11.0. The highest BCUT2D eigenvalue weighted by molar-refractivity contribution is 7.21. The lowest BCUT2D eigenvalue weighted by Crippen LogP contribution is -2.23. The van der Waals surface area contributed by atoms with E-state index in [0.717, 1.165) is 15.8 Å². The van der Waals surface area contributed by atoms with E-state index in [-0.39, 0.29) is 30.3 Å². The van der Waals surface area contributed by atoms with Crippen LogP contribution in [0.1, 0.15) is 38.6 Å². The smallest absolute Gasteiger partial charge is 0.261 e. The lowest BCUT2D eigenvalue weighted by atomic mass is 10.0. The van der Waals surface area contributed by atoms with Gasteiger partial charge in [-0.25, -0.2) is 4.39 Å². The van der Waals surface area contributed by atoms with Crippen molar-refractivity contribution in [3.05, 3.63) is 94.0 Å². The summed E-state index contributed by atoms with van der Waals surface area (Å²) in [6.07, 6.45) is 3.18. The molecule has 0 spiro atoms. The van der Waals surface area contributed by atoms with Crippen molar-refractivity contribution in [2.24, 2.45) is 0 Å². The van der Waals surface area contributed by atoms with E-state index in [1.54, 1.807) is 42.6 Å². The third-order valence-electron chi connectivity index (χ3n) is 5.99. The van der Waals surface area contributed by atoms with Gasteiger partial charge in [0.05, 0.1) is 15.1 Å². The molecule has 1 amide bonds. The SMILES string of the molecule is Cc1ccc(F)c(CC(=O)Cc2ccc(Oc3ccnc4cc(C(=O)NCCCc5nn[nH]n5)sc34)cc2)c1. The molecule has 9 nitrogen and oxygen atoms in total. The van der Waals surface area contributed by atoms with E-state index >= 15 is 0 Å². The number of amides is 1. The van der Waals surface area contributed by atoms with Gasteiger partial charge < -0.3 is 10.1 Å². The monoisotopic (exact) mass is 544 g/mol. The van der Waals surface area contributed by atoms with Crippen LogP contribution in [0.2, 0.25) is 0 Å². The van der Waals surface area contributed by atoms with Gasteiger partial charge in [-0.05, 0) is 48.7 Å². The van der Waals surface area contributed by atoms with Crippen LogP contribution in [0.25, 0.3) is 10.2 Å². The predicted octanol–water partition coefficient (Wildman–Crippen LogP) is 4.77. The van der Waals surface area contributed by atoms with Gasteiger partial charge in [0.25, 0.3) is 5.91 Å². The minimum absolute atomic E-state index is 0.0495. The number of Topliss-reactive ketones (excluding diaryl/α,β-unsaturated/α-hetero) is 1. The number of ether oxygens (including phenoxy) is 1. The quantitative estimate of drug-likeness (QED) is 0.230. The molecule has 2 N–H and O–H groups in total. The van der Waals surface area contributed by atoms with E-state index in [9.17, 15) is 14.0 Å². The third kappa shape index (κ3) is 6.68. The third-order valence-corrected chi connectivity index (χ3v) is 7.13. The maximum absolute atomic E-state index is 14.0. The molecule has 0 aliphatic carbocycles. The molecule has 0 saturated carbocycles. The van der Waals surface area contributed by atoms with Crippen LogP contribution in [0.3, 0.4) is 0 Å². The van der Waals surface area contributed by atoms with E-state index in [2.05, 4.69) is 30.9 Å². The topological polar surface area (TPSA) is 123 Å². The Morgan fingerprint density at radius 1 is 1.08 bits per heavy atom. The molecular weight excluding hydrogens is 519 g/mol. The molecular formula is C28H25FN6O3S. The Balaban J connectivity index is 1.19. The van der Waals surface area contributed by atoms with Crippen molar-refractivity contribution in [1.82, 2.24) is 30.9 Å². The van der Waals surface area contributed by atoms with Gasteiger partial charge in [-0.3, -0.25) is 14.6 Å². The molecule has 2 aromatic carbocycles. The fraction of sp³-hybridized carbons (Fsp3) is 0.214. The second-order valence-corrected chi connectivity index (χ2v) is 10.1. The van der Waals surface area contributed by atoms with Crippen LogP contribution < -0.4 is 10.1 Å². The maximum Gasteiger partial charge on any atom is 0.261 e. The van der Waals surface area contributed by atoms with Crippen molar-refractivity contribution in [3.8, 4) is 11.5 Å². The zero-order chi connectivity index (χ0) is 27.2. The lowest BCUT2D eigenvalue weighted by Gasteiger charge is -2.08. The number of pyridine rings is 1. The fourth-order valence-electron chi connectivity index (χ4n) is 4.07. The number of nitrogens with one attached hydrogen (secondary N) is 2. The average molecular weight is 545 g/mol. The van der Waals surface area contributed by atoms with Crippen molar-refractivity contribution < 1.29 is 18.7 Å². The number of nitrogens with zero attached hydrogens (tertiary/aromatic N) is 4. The average Bonchev–Trinajstić information content (AvgIpc) is 3.60. The van der Waals surface area contributed by atoms with Crippen LogP contribution in [-0.4, -0.2) is 43.8 Å². The van der Waals surface area contributed by atoms with E-state index in [1.807, 2.05) is 19.1 Å². The number of aromatic nitrogens is 5. The molecule has 0 atom stereocenters. The molecule has 0 radical (unpaired) electrons. The van der Waals surface area contributed by atoms with Crippen LogP contribution in [0.4, 0.5) is 4.39 Å². The number of carbonyl (C=O) groups is 2. The van der Waals surface area contributed by atoms with E-state index in [1.165, 1.54) is 17.4 Å². The molecule has 11 heteroatoms. The fourth-order valence-corrected chi connectivity index (χ4v) is 5.06. The van der Waals surface area contributed by atoms with Gasteiger partial charge >= 0.3 is 0 Å². The standard InChI is InChI=1S/C28H25FN6O3S/c1-17-4-9-22(29)19(13-17)15-20(36)14-18-5-7-21(8-6-18)38-24-10-12-30-23-16-25(39-27(23)24)28(37)31-11-2-3-26-32-34-35-33-26/h4-10,12-13,16H,2-3,11,14-15H2,1H3,(H,31,37)(H,32,33,34,35). The first kappa shape index (κ1) is 26.1. The largest absolute Gasteiger partial charge is 0.456 e. The second-order valence-electron chi connectivity index (χ2n) is 9.05. The Hall–Kier alpha value is -4.51. The van der Waals surface area contributed by atoms with Crippen molar-refractivity contribution in [2.45, 2.75) is 32.6 Å². The molecule has 0 saturated heterocycles. The molecule has 3 aromatic heterocycles. The first-order valence-corrected chi connectivity index (χ1v) is 13.2. The minimum atomic E-state index is -0.365. The van der Waals surface area contributed by atoms with Crippen molar-refractivity contribution in [1.29, 1.82) is 0 Å². The van der Waals surface area contributed by atoms with Gasteiger partial charge in [-0.2, -0.15) is 5.21 Å². The minimum Gasteiger partial charge on any atom is -0.456 e. The number of thiophene rings is 1. The van der Waals surface area contributed by atoms with Crippen LogP contribution in [0.5, 0.6) is 11.5 Å². The highest BCUT2D eigenvalue weighted by Gasteiger charge is 2.15. The molecule has 39 heavy (non-hydrogen) atoms. The number of aromatic amines is 1. The summed E-state index contributed by atoms with van der Waals surface area (Å²) in [6.45, 7) is 2.35. The summed E-state index contributed by atoms with van der Waals surface area (Å²) in [5.74, 6) is 1.16. The summed E-state index contributed by atoms with van der Waals surface area (Å²) in [4.78, 5) is 30.1. The van der Waals surface area contributed by atoms with Gasteiger partial charge in [0.2, 0.25) is 0 Å². The van der Waals surface area contributed by atoms with Crippen LogP contribution >= 0.6 is 11.3 Å². The van der Waals surface area contributed by atoms with Gasteiger partial charge in [-0.15, -0.1) is 21.5 Å². The van der Waals surface area contributed by atoms with Crippen molar-refractivity contribution >= 4 is 33.2 Å². The molecule has 5 rings (SSSR count). The van der Waals surface area contributed by atoms with Crippen molar-refractivity contribution in [2.75, 3.05) is 6.54 Å². The number of aryl methyl sites for hydroxylation is 2. The summed E-state index contributed by atoms with van der Waals surface area (Å²) in [6, 6.07) is 15.5. The first-order valence-electron chi connectivity index (χ1n) is 12.4. The molecule has 0 aliphatic rings. The number of hydrogen-bond acceptors (Lipinski definition) is 8. The summed E-state index contributed by atoms with van der Waals surface area (Å²) >= 11 is 1.31. The molecule has 0 aliphatic heterocycles. The van der Waals surface area contributed by atoms with Crippen molar-refractivity contribution in [3.63, 3.8) is 0 Å². The Morgan fingerprint density at radius 3 is 2.72 bits per heavy atom. The predicted molar refractivity (Wildman–Crippen MR) is 145 cm³/mol. The summed E-state index contributed by atoms with van der Waals surface area (Å²) in [5, 5.41) is 16.6. The summed E-state index contributed by atoms with van der Waals surface area (Å²) < 4.78 is 20.9. The number of tetrazole rings is 1. The number of fused-ring (bicyclic) bond motifs is 1. The number of halogens is 1.